The predicted octanol–water partition coefficient (Wildman–Crippen LogP) is 4.71. The average molecular weight is 462 g/mol. The van der Waals surface area contributed by atoms with Gasteiger partial charge in [-0.1, -0.05) is 48.9 Å². The van der Waals surface area contributed by atoms with Gasteiger partial charge in [0.1, 0.15) is 5.00 Å². The van der Waals surface area contributed by atoms with Gasteiger partial charge in [0.15, 0.2) is 5.78 Å². The monoisotopic (exact) mass is 461 g/mol. The van der Waals surface area contributed by atoms with Gasteiger partial charge in [-0.2, -0.15) is 0 Å². The summed E-state index contributed by atoms with van der Waals surface area (Å²) < 4.78 is 0. The van der Waals surface area contributed by atoms with E-state index in [1.165, 1.54) is 16.2 Å². The number of rotatable bonds is 6. The van der Waals surface area contributed by atoms with E-state index in [-0.39, 0.29) is 17.6 Å². The minimum atomic E-state index is -0.302. The van der Waals surface area contributed by atoms with Crippen molar-refractivity contribution < 1.29 is 14.4 Å². The lowest BCUT2D eigenvalue weighted by atomic mass is 10.0. The summed E-state index contributed by atoms with van der Waals surface area (Å²) in [5.41, 5.74) is 5.99. The van der Waals surface area contributed by atoms with Crippen molar-refractivity contribution in [1.29, 1.82) is 0 Å². The Bertz CT molecular complexity index is 1170. The number of carbonyl (C=O) groups is 3. The molecular weight excluding hydrogens is 434 g/mol. The molecule has 2 N–H and O–H groups in total. The molecule has 6 nitrogen and oxygen atoms in total. The summed E-state index contributed by atoms with van der Waals surface area (Å²) in [6.07, 6.45) is 5.04. The molecule has 2 aromatic carbocycles. The van der Waals surface area contributed by atoms with Gasteiger partial charge in [0, 0.05) is 35.7 Å². The van der Waals surface area contributed by atoms with E-state index in [4.69, 9.17) is 0 Å². The molecule has 0 bridgehead atoms. The maximum Gasteiger partial charge on any atom is 0.268 e. The summed E-state index contributed by atoms with van der Waals surface area (Å²) in [4.78, 5) is 39.8. The highest BCUT2D eigenvalue weighted by Crippen LogP contribution is 2.37. The van der Waals surface area contributed by atoms with E-state index in [1.807, 2.05) is 18.2 Å². The predicted molar refractivity (Wildman–Crippen MR) is 131 cm³/mol. The van der Waals surface area contributed by atoms with Crippen LogP contribution >= 0.6 is 11.3 Å². The average Bonchev–Trinajstić information content (AvgIpc) is 2.99. The third kappa shape index (κ3) is 5.21. The third-order valence-electron chi connectivity index (χ3n) is 5.65. The molecule has 0 atom stereocenters. The molecule has 33 heavy (non-hydrogen) atoms. The molecule has 4 rings (SSSR count). The van der Waals surface area contributed by atoms with Gasteiger partial charge in [-0.25, -0.2) is 5.01 Å². The molecule has 0 radical (unpaired) electrons. The Morgan fingerprint density at radius 1 is 0.788 bits per heavy atom. The number of hydrazine groups is 1. The van der Waals surface area contributed by atoms with Crippen molar-refractivity contribution in [2.75, 3.05) is 19.4 Å². The largest absolute Gasteiger partial charge is 0.313 e. The van der Waals surface area contributed by atoms with Crippen molar-refractivity contribution in [2.45, 2.75) is 32.1 Å². The molecule has 0 unspecified atom stereocenters. The Kier molecular flexibility index (Phi) is 7.01. The van der Waals surface area contributed by atoms with Crippen molar-refractivity contribution in [1.82, 2.24) is 10.4 Å². The fourth-order valence-corrected chi connectivity index (χ4v) is 5.32. The first-order chi connectivity index (χ1) is 15.9. The van der Waals surface area contributed by atoms with E-state index in [2.05, 4.69) is 10.7 Å². The van der Waals surface area contributed by atoms with Crippen LogP contribution in [0.4, 0.5) is 5.00 Å². The molecule has 1 heterocycles. The number of nitrogens with zero attached hydrogens (tertiary/aromatic N) is 1. The highest BCUT2D eigenvalue weighted by atomic mass is 32.1. The van der Waals surface area contributed by atoms with Crippen molar-refractivity contribution in [3.05, 3.63) is 87.3 Å². The smallest absolute Gasteiger partial charge is 0.268 e. The van der Waals surface area contributed by atoms with E-state index in [9.17, 15) is 14.4 Å². The van der Waals surface area contributed by atoms with E-state index >= 15 is 0 Å². The number of anilines is 1. The second kappa shape index (κ2) is 10.1. The van der Waals surface area contributed by atoms with E-state index in [0.29, 0.717) is 27.3 Å². The van der Waals surface area contributed by atoms with Crippen LogP contribution < -0.4 is 10.7 Å². The van der Waals surface area contributed by atoms with Gasteiger partial charge in [-0.05, 0) is 43.4 Å². The number of hydrogen-bond donors (Lipinski definition) is 2. The Hall–Kier alpha value is -3.29. The van der Waals surface area contributed by atoms with Crippen molar-refractivity contribution >= 4 is 33.9 Å². The minimum Gasteiger partial charge on any atom is -0.313 e. The zero-order valence-corrected chi connectivity index (χ0v) is 19.6. The standard InChI is InChI=1S/C26H27N3O3S/c1-29(2)28-25(32)22-20-11-7-4-8-12-21(20)33-26(22)27-24(31)19-15-13-18(14-16-19)23(30)17-9-5-3-6-10-17/h3,5-6,9-10,13-16H,4,7-8,11-12H2,1-2H3,(H,27,31)(H,28,32). The first-order valence-corrected chi connectivity index (χ1v) is 11.9. The summed E-state index contributed by atoms with van der Waals surface area (Å²) in [5, 5.41) is 5.14. The topological polar surface area (TPSA) is 78.5 Å². The van der Waals surface area contributed by atoms with E-state index in [1.54, 1.807) is 55.5 Å². The molecule has 0 aliphatic heterocycles. The lowest BCUT2D eigenvalue weighted by Crippen LogP contribution is -2.36. The third-order valence-corrected chi connectivity index (χ3v) is 6.85. The normalized spacial score (nSPS) is 13.2. The number of carbonyl (C=O) groups excluding carboxylic acids is 3. The number of benzene rings is 2. The second-order valence-electron chi connectivity index (χ2n) is 8.33. The highest BCUT2D eigenvalue weighted by Gasteiger charge is 2.26. The van der Waals surface area contributed by atoms with Crippen LogP contribution in [-0.2, 0) is 12.8 Å². The Morgan fingerprint density at radius 3 is 2.12 bits per heavy atom. The van der Waals surface area contributed by atoms with Crippen molar-refractivity contribution in [3.8, 4) is 0 Å². The number of hydrogen-bond acceptors (Lipinski definition) is 5. The van der Waals surface area contributed by atoms with Crippen LogP contribution in [-0.4, -0.2) is 36.7 Å². The van der Waals surface area contributed by atoms with Gasteiger partial charge >= 0.3 is 0 Å². The number of amides is 2. The molecule has 1 aliphatic rings. The van der Waals surface area contributed by atoms with E-state index < -0.39 is 0 Å². The second-order valence-corrected chi connectivity index (χ2v) is 9.44. The first kappa shape index (κ1) is 22.9. The number of aryl methyl sites for hydroxylation is 1. The zero-order valence-electron chi connectivity index (χ0n) is 18.8. The van der Waals surface area contributed by atoms with E-state index in [0.717, 1.165) is 37.7 Å². The first-order valence-electron chi connectivity index (χ1n) is 11.1. The van der Waals surface area contributed by atoms with Crippen LogP contribution in [0.2, 0.25) is 0 Å². The molecule has 0 saturated carbocycles. The van der Waals surface area contributed by atoms with Crippen LogP contribution in [0.1, 0.15) is 66.3 Å². The Balaban J connectivity index is 1.57. The van der Waals surface area contributed by atoms with Crippen molar-refractivity contribution in [2.24, 2.45) is 0 Å². The number of ketones is 1. The minimum absolute atomic E-state index is 0.0906. The maximum absolute atomic E-state index is 13.0. The maximum atomic E-state index is 13.0. The van der Waals surface area contributed by atoms with Crippen LogP contribution in [0, 0.1) is 0 Å². The molecule has 2 amide bonds. The molecule has 0 spiro atoms. The molecule has 3 aromatic rings. The SMILES string of the molecule is CN(C)NC(=O)c1c(NC(=O)c2ccc(C(=O)c3ccccc3)cc2)sc2c1CCCCC2. The van der Waals surface area contributed by atoms with Gasteiger partial charge in [-0.15, -0.1) is 11.3 Å². The highest BCUT2D eigenvalue weighted by molar-refractivity contribution is 7.17. The van der Waals surface area contributed by atoms with Gasteiger partial charge in [0.05, 0.1) is 5.56 Å². The number of nitrogens with one attached hydrogen (secondary N) is 2. The Labute approximate surface area is 197 Å². The fraction of sp³-hybridized carbons (Fsp3) is 0.269. The molecule has 7 heteroatoms. The molecule has 170 valence electrons. The van der Waals surface area contributed by atoms with Crippen LogP contribution in [0.3, 0.4) is 0 Å². The summed E-state index contributed by atoms with van der Waals surface area (Å²) in [6, 6.07) is 15.6. The van der Waals surface area contributed by atoms with Gasteiger partial charge in [0.2, 0.25) is 0 Å². The molecule has 1 aliphatic carbocycles. The van der Waals surface area contributed by atoms with Gasteiger partial charge in [-0.3, -0.25) is 19.8 Å². The number of fused-ring (bicyclic) bond motifs is 1. The summed E-state index contributed by atoms with van der Waals surface area (Å²) in [6.45, 7) is 0. The Morgan fingerprint density at radius 2 is 1.42 bits per heavy atom. The molecule has 1 aromatic heterocycles. The lowest BCUT2D eigenvalue weighted by molar-refractivity contribution is 0.0857. The fourth-order valence-electron chi connectivity index (χ4n) is 4.03. The van der Waals surface area contributed by atoms with Crippen LogP contribution in [0.15, 0.2) is 54.6 Å². The zero-order chi connectivity index (χ0) is 23.4. The van der Waals surface area contributed by atoms with Gasteiger partial charge in [0.25, 0.3) is 11.8 Å². The number of thiophene rings is 1. The summed E-state index contributed by atoms with van der Waals surface area (Å²) >= 11 is 1.49. The molecule has 0 fully saturated rings. The van der Waals surface area contributed by atoms with Crippen molar-refractivity contribution in [3.63, 3.8) is 0 Å². The molecular formula is C26H27N3O3S. The quantitative estimate of drug-likeness (QED) is 0.317. The lowest BCUT2D eigenvalue weighted by Gasteiger charge is -2.14. The van der Waals surface area contributed by atoms with Crippen LogP contribution in [0.25, 0.3) is 0 Å². The van der Waals surface area contributed by atoms with Crippen LogP contribution in [0.5, 0.6) is 0 Å². The summed E-state index contributed by atoms with van der Waals surface area (Å²) in [7, 11) is 3.53. The summed E-state index contributed by atoms with van der Waals surface area (Å²) in [5.74, 6) is -0.602. The van der Waals surface area contributed by atoms with Gasteiger partial charge < -0.3 is 5.32 Å². The molecule has 0 saturated heterocycles.